The van der Waals surface area contributed by atoms with Crippen molar-refractivity contribution < 1.29 is 4.79 Å². The molecule has 102 valence electrons. The van der Waals surface area contributed by atoms with Crippen LogP contribution in [0.4, 0.5) is 0 Å². The number of hydrogen-bond donors (Lipinski definition) is 0. The maximum absolute atomic E-state index is 11.9. The summed E-state index contributed by atoms with van der Waals surface area (Å²) in [5, 5.41) is 2.56. The molecule has 2 aromatic rings. The van der Waals surface area contributed by atoms with Gasteiger partial charge in [0.1, 0.15) is 0 Å². The molecule has 1 amide bonds. The van der Waals surface area contributed by atoms with Gasteiger partial charge >= 0.3 is 0 Å². The fourth-order valence-corrected chi connectivity index (χ4v) is 2.94. The van der Waals surface area contributed by atoms with Gasteiger partial charge in [-0.1, -0.05) is 48.5 Å². The summed E-state index contributed by atoms with van der Waals surface area (Å²) in [6.07, 6.45) is 3.44. The first kappa shape index (κ1) is 12.9. The second kappa shape index (κ2) is 5.49. The Morgan fingerprint density at radius 3 is 2.80 bits per heavy atom. The smallest absolute Gasteiger partial charge is 0.223 e. The minimum absolute atomic E-state index is 0.259. The van der Waals surface area contributed by atoms with Crippen molar-refractivity contribution in [3.05, 3.63) is 60.7 Å². The van der Waals surface area contributed by atoms with Crippen molar-refractivity contribution >= 4 is 16.7 Å². The SMILES string of the molecule is C=CC1CC(=O)N(CCc2cccc3ccccc23)C1. The molecule has 0 aliphatic carbocycles. The average molecular weight is 265 g/mol. The Kier molecular flexibility index (Phi) is 3.55. The molecule has 1 heterocycles. The third-order valence-corrected chi connectivity index (χ3v) is 4.11. The summed E-state index contributed by atoms with van der Waals surface area (Å²) in [4.78, 5) is 13.9. The Hall–Kier alpha value is -2.09. The number of benzene rings is 2. The number of amides is 1. The number of carbonyl (C=O) groups excluding carboxylic acids is 1. The number of fused-ring (bicyclic) bond motifs is 1. The zero-order valence-electron chi connectivity index (χ0n) is 11.6. The monoisotopic (exact) mass is 265 g/mol. The van der Waals surface area contributed by atoms with Crippen LogP contribution >= 0.6 is 0 Å². The molecule has 0 bridgehead atoms. The summed E-state index contributed by atoms with van der Waals surface area (Å²) in [6.45, 7) is 5.42. The Balaban J connectivity index is 1.74. The first-order valence-electron chi connectivity index (χ1n) is 7.15. The van der Waals surface area contributed by atoms with E-state index in [9.17, 15) is 4.79 Å². The Morgan fingerprint density at radius 2 is 2.00 bits per heavy atom. The van der Waals surface area contributed by atoms with Gasteiger partial charge in [0.2, 0.25) is 5.91 Å². The van der Waals surface area contributed by atoms with Crippen molar-refractivity contribution in [3.8, 4) is 0 Å². The van der Waals surface area contributed by atoms with E-state index in [1.807, 2.05) is 11.0 Å². The lowest BCUT2D eigenvalue weighted by Gasteiger charge is -2.16. The molecule has 0 saturated carbocycles. The molecular weight excluding hydrogens is 246 g/mol. The van der Waals surface area contributed by atoms with E-state index >= 15 is 0 Å². The Morgan fingerprint density at radius 1 is 1.20 bits per heavy atom. The van der Waals surface area contributed by atoms with E-state index < -0.39 is 0 Å². The molecule has 1 aliphatic heterocycles. The molecule has 0 spiro atoms. The van der Waals surface area contributed by atoms with Crippen LogP contribution < -0.4 is 0 Å². The molecule has 1 fully saturated rings. The van der Waals surface area contributed by atoms with E-state index in [1.165, 1.54) is 16.3 Å². The molecule has 1 aliphatic rings. The highest BCUT2D eigenvalue weighted by Crippen LogP contribution is 2.22. The van der Waals surface area contributed by atoms with Gasteiger partial charge in [-0.25, -0.2) is 0 Å². The summed E-state index contributed by atoms with van der Waals surface area (Å²) in [5.41, 5.74) is 1.32. The van der Waals surface area contributed by atoms with Gasteiger partial charge in [-0.2, -0.15) is 0 Å². The largest absolute Gasteiger partial charge is 0.342 e. The van der Waals surface area contributed by atoms with E-state index in [4.69, 9.17) is 0 Å². The maximum atomic E-state index is 11.9. The molecule has 1 unspecified atom stereocenters. The summed E-state index contributed by atoms with van der Waals surface area (Å²) in [5.74, 6) is 0.588. The van der Waals surface area contributed by atoms with Crippen LogP contribution in [0.5, 0.6) is 0 Å². The highest BCUT2D eigenvalue weighted by atomic mass is 16.2. The fourth-order valence-electron chi connectivity index (χ4n) is 2.94. The predicted molar refractivity (Wildman–Crippen MR) is 82.5 cm³/mol. The Bertz CT molecular complexity index is 641. The van der Waals surface area contributed by atoms with Crippen LogP contribution in [0.25, 0.3) is 10.8 Å². The number of carbonyl (C=O) groups is 1. The van der Waals surface area contributed by atoms with E-state index in [0.29, 0.717) is 12.3 Å². The topological polar surface area (TPSA) is 20.3 Å². The standard InChI is InChI=1S/C18H19NO/c1-2-14-12-18(20)19(13-14)11-10-16-8-5-7-15-6-3-4-9-17(15)16/h2-9,14H,1,10-13H2. The molecule has 0 radical (unpaired) electrons. The third-order valence-electron chi connectivity index (χ3n) is 4.11. The summed E-state index contributed by atoms with van der Waals surface area (Å²) < 4.78 is 0. The number of likely N-dealkylation sites (tertiary alicyclic amines) is 1. The van der Waals surface area contributed by atoms with Gasteiger partial charge in [0.05, 0.1) is 0 Å². The molecule has 0 aromatic heterocycles. The van der Waals surface area contributed by atoms with Crippen LogP contribution in [0.1, 0.15) is 12.0 Å². The highest BCUT2D eigenvalue weighted by Gasteiger charge is 2.26. The lowest BCUT2D eigenvalue weighted by molar-refractivity contribution is -0.127. The van der Waals surface area contributed by atoms with Crippen LogP contribution in [0.3, 0.4) is 0 Å². The van der Waals surface area contributed by atoms with Crippen LogP contribution in [0.15, 0.2) is 55.1 Å². The van der Waals surface area contributed by atoms with Crippen molar-refractivity contribution in [3.63, 3.8) is 0 Å². The van der Waals surface area contributed by atoms with Gasteiger partial charge in [0.25, 0.3) is 0 Å². The van der Waals surface area contributed by atoms with Gasteiger partial charge in [0, 0.05) is 25.4 Å². The quantitative estimate of drug-likeness (QED) is 0.776. The Labute approximate surface area is 119 Å². The van der Waals surface area contributed by atoms with Crippen LogP contribution in [-0.4, -0.2) is 23.9 Å². The molecule has 20 heavy (non-hydrogen) atoms. The van der Waals surface area contributed by atoms with E-state index in [-0.39, 0.29) is 5.91 Å². The van der Waals surface area contributed by atoms with Crippen LogP contribution in [0.2, 0.25) is 0 Å². The molecule has 2 heteroatoms. The predicted octanol–water partition coefficient (Wildman–Crippen LogP) is 3.42. The average Bonchev–Trinajstić information content (AvgIpc) is 2.85. The minimum atomic E-state index is 0.259. The zero-order chi connectivity index (χ0) is 13.9. The first-order valence-corrected chi connectivity index (χ1v) is 7.15. The molecular formula is C18H19NO. The molecule has 1 atom stereocenters. The molecule has 2 aromatic carbocycles. The maximum Gasteiger partial charge on any atom is 0.223 e. The number of hydrogen-bond acceptors (Lipinski definition) is 1. The molecule has 2 nitrogen and oxygen atoms in total. The fraction of sp³-hybridized carbons (Fsp3) is 0.278. The van der Waals surface area contributed by atoms with Gasteiger partial charge in [0.15, 0.2) is 0 Å². The zero-order valence-corrected chi connectivity index (χ0v) is 11.6. The molecule has 1 saturated heterocycles. The highest BCUT2D eigenvalue weighted by molar-refractivity contribution is 5.85. The molecule has 0 N–H and O–H groups in total. The first-order chi connectivity index (χ1) is 9.78. The van der Waals surface area contributed by atoms with Crippen molar-refractivity contribution in [2.45, 2.75) is 12.8 Å². The summed E-state index contributed by atoms with van der Waals surface area (Å²) in [7, 11) is 0. The lowest BCUT2D eigenvalue weighted by atomic mass is 10.0. The van der Waals surface area contributed by atoms with Gasteiger partial charge < -0.3 is 4.90 Å². The second-order valence-corrected chi connectivity index (χ2v) is 5.43. The number of rotatable bonds is 4. The summed E-state index contributed by atoms with van der Waals surface area (Å²) >= 11 is 0. The van der Waals surface area contributed by atoms with Crippen LogP contribution in [-0.2, 0) is 11.2 Å². The van der Waals surface area contributed by atoms with E-state index in [1.54, 1.807) is 0 Å². The van der Waals surface area contributed by atoms with Crippen molar-refractivity contribution in [2.75, 3.05) is 13.1 Å². The van der Waals surface area contributed by atoms with Gasteiger partial charge in [-0.15, -0.1) is 6.58 Å². The third kappa shape index (κ3) is 2.46. The van der Waals surface area contributed by atoms with Crippen molar-refractivity contribution in [2.24, 2.45) is 5.92 Å². The molecule has 3 rings (SSSR count). The van der Waals surface area contributed by atoms with Crippen LogP contribution in [0, 0.1) is 5.92 Å². The second-order valence-electron chi connectivity index (χ2n) is 5.43. The van der Waals surface area contributed by atoms with E-state index in [0.717, 1.165) is 19.5 Å². The van der Waals surface area contributed by atoms with E-state index in [2.05, 4.69) is 49.0 Å². The normalized spacial score (nSPS) is 18.7. The van der Waals surface area contributed by atoms with Crippen molar-refractivity contribution in [1.29, 1.82) is 0 Å². The lowest BCUT2D eigenvalue weighted by Crippen LogP contribution is -2.27. The van der Waals surface area contributed by atoms with Gasteiger partial charge in [-0.05, 0) is 22.8 Å². The summed E-state index contributed by atoms with van der Waals surface area (Å²) in [6, 6.07) is 14.8. The van der Waals surface area contributed by atoms with Gasteiger partial charge in [-0.3, -0.25) is 4.79 Å². The minimum Gasteiger partial charge on any atom is -0.342 e. The number of nitrogens with zero attached hydrogens (tertiary/aromatic N) is 1. The van der Waals surface area contributed by atoms with Crippen molar-refractivity contribution in [1.82, 2.24) is 4.90 Å².